The standard InChI is InChI=1S/C24H27F3N6O/c1-23-5-6-24(2,32-23)11-15(10-23)33(8-7-25)19-4-3-17(30-31-19)20-18(34)9-16(21(26)22(20)27)14-12-28-29-13-14/h3-4,9,12-13,15,32,34H,5-8,10-11H2,1-2H3,(H,28,29)/t15-,23-,24+. The van der Waals surface area contributed by atoms with Crippen molar-refractivity contribution in [2.24, 2.45) is 0 Å². The summed E-state index contributed by atoms with van der Waals surface area (Å²) < 4.78 is 43.2. The summed E-state index contributed by atoms with van der Waals surface area (Å²) in [4.78, 5) is 1.91. The summed E-state index contributed by atoms with van der Waals surface area (Å²) in [5, 5.41) is 28.7. The van der Waals surface area contributed by atoms with Crippen LogP contribution in [0.3, 0.4) is 0 Å². The summed E-state index contributed by atoms with van der Waals surface area (Å²) in [6.45, 7) is 4.01. The van der Waals surface area contributed by atoms with Crippen LogP contribution in [-0.2, 0) is 0 Å². The Hall–Kier alpha value is -3.14. The van der Waals surface area contributed by atoms with Crippen LogP contribution in [-0.4, -0.2) is 55.8 Å². The van der Waals surface area contributed by atoms with Gasteiger partial charge in [0.1, 0.15) is 12.4 Å². The average molecular weight is 473 g/mol. The number of aromatic amines is 1. The zero-order valence-electron chi connectivity index (χ0n) is 19.1. The number of anilines is 1. The first kappa shape index (κ1) is 22.6. The van der Waals surface area contributed by atoms with Crippen molar-refractivity contribution in [2.45, 2.75) is 56.7 Å². The van der Waals surface area contributed by atoms with E-state index in [0.717, 1.165) is 31.7 Å². The van der Waals surface area contributed by atoms with Crippen LogP contribution in [0.5, 0.6) is 5.75 Å². The number of piperidine rings is 1. The number of hydrogen-bond donors (Lipinski definition) is 3. The molecule has 4 heterocycles. The summed E-state index contributed by atoms with van der Waals surface area (Å²) in [6.07, 6.45) is 6.56. The Bertz CT molecular complexity index is 1170. The molecule has 5 rings (SSSR count). The smallest absolute Gasteiger partial charge is 0.172 e. The highest BCUT2D eigenvalue weighted by Crippen LogP contribution is 2.44. The number of H-pyrrole nitrogens is 1. The number of halogens is 3. The Morgan fingerprint density at radius 3 is 2.44 bits per heavy atom. The molecule has 2 fully saturated rings. The number of benzene rings is 1. The number of nitrogens with zero attached hydrogens (tertiary/aromatic N) is 4. The molecule has 2 aromatic heterocycles. The highest BCUT2D eigenvalue weighted by atomic mass is 19.2. The number of phenolic OH excluding ortho intramolecular Hbond substituents is 1. The maximum atomic E-state index is 14.9. The fraction of sp³-hybridized carbons (Fsp3) is 0.458. The Labute approximate surface area is 195 Å². The van der Waals surface area contributed by atoms with Crippen LogP contribution < -0.4 is 10.2 Å². The van der Waals surface area contributed by atoms with Crippen molar-refractivity contribution in [3.63, 3.8) is 0 Å². The number of alkyl halides is 1. The van der Waals surface area contributed by atoms with Gasteiger partial charge in [0.2, 0.25) is 0 Å². The van der Waals surface area contributed by atoms with Crippen LogP contribution in [0.1, 0.15) is 39.5 Å². The van der Waals surface area contributed by atoms with Crippen molar-refractivity contribution in [2.75, 3.05) is 18.1 Å². The minimum atomic E-state index is -1.23. The van der Waals surface area contributed by atoms with Gasteiger partial charge in [0.05, 0.1) is 17.5 Å². The molecule has 3 N–H and O–H groups in total. The number of aromatic nitrogens is 4. The molecule has 0 spiro atoms. The minimum Gasteiger partial charge on any atom is -0.507 e. The first-order chi connectivity index (χ1) is 16.2. The highest BCUT2D eigenvalue weighted by Gasteiger charge is 2.50. The van der Waals surface area contributed by atoms with Gasteiger partial charge < -0.3 is 15.3 Å². The number of phenols is 1. The summed E-state index contributed by atoms with van der Waals surface area (Å²) in [5.41, 5.74) is -0.221. The van der Waals surface area contributed by atoms with Crippen molar-refractivity contribution >= 4 is 5.82 Å². The molecule has 10 heteroatoms. The number of aromatic hydroxyl groups is 1. The van der Waals surface area contributed by atoms with Gasteiger partial charge in [0.15, 0.2) is 17.5 Å². The van der Waals surface area contributed by atoms with Gasteiger partial charge in [-0.25, -0.2) is 13.2 Å². The predicted octanol–water partition coefficient (Wildman–Crippen LogP) is 4.36. The fourth-order valence-electron chi connectivity index (χ4n) is 5.70. The van der Waals surface area contributed by atoms with Gasteiger partial charge in [-0.1, -0.05) is 0 Å². The molecule has 3 aromatic rings. The zero-order valence-corrected chi connectivity index (χ0v) is 19.1. The lowest BCUT2D eigenvalue weighted by atomic mass is 9.84. The normalized spacial score (nSPS) is 26.1. The van der Waals surface area contributed by atoms with E-state index in [4.69, 9.17) is 0 Å². The van der Waals surface area contributed by atoms with Crippen LogP contribution in [0.2, 0.25) is 0 Å². The lowest BCUT2D eigenvalue weighted by Crippen LogP contribution is -2.59. The Balaban J connectivity index is 1.46. The molecule has 0 amide bonds. The van der Waals surface area contributed by atoms with Crippen molar-refractivity contribution in [1.29, 1.82) is 0 Å². The van der Waals surface area contributed by atoms with Crippen LogP contribution in [0.25, 0.3) is 22.4 Å². The molecule has 0 radical (unpaired) electrons. The number of rotatable bonds is 6. The molecule has 2 saturated heterocycles. The molecule has 0 unspecified atom stereocenters. The van der Waals surface area contributed by atoms with Gasteiger partial charge in [-0.15, -0.1) is 10.2 Å². The number of hydrogen-bond acceptors (Lipinski definition) is 6. The van der Waals surface area contributed by atoms with Crippen LogP contribution in [0.15, 0.2) is 30.6 Å². The molecule has 7 nitrogen and oxygen atoms in total. The maximum Gasteiger partial charge on any atom is 0.172 e. The molecular formula is C24H27F3N6O. The SMILES string of the molecule is C[C@]12CC[C@](C)(C[C@@H](N(CCF)c3ccc(-c4c(O)cc(-c5cn[nH]c5)c(F)c4F)nn3)C1)N2. The third-order valence-electron chi connectivity index (χ3n) is 7.17. The van der Waals surface area contributed by atoms with Gasteiger partial charge in [-0.2, -0.15) is 5.10 Å². The van der Waals surface area contributed by atoms with Crippen molar-refractivity contribution in [1.82, 2.24) is 25.7 Å². The molecular weight excluding hydrogens is 445 g/mol. The second-order valence-corrected chi connectivity index (χ2v) is 9.90. The third kappa shape index (κ3) is 3.89. The van der Waals surface area contributed by atoms with E-state index >= 15 is 0 Å². The Morgan fingerprint density at radius 1 is 1.12 bits per heavy atom. The molecule has 3 atom stereocenters. The van der Waals surface area contributed by atoms with E-state index in [1.165, 1.54) is 18.5 Å². The summed E-state index contributed by atoms with van der Waals surface area (Å²) >= 11 is 0. The van der Waals surface area contributed by atoms with Crippen molar-refractivity contribution in [3.8, 4) is 28.1 Å². The summed E-state index contributed by atoms with van der Waals surface area (Å²) in [5.74, 6) is -2.34. The number of nitrogens with one attached hydrogen (secondary N) is 2. The topological polar surface area (TPSA) is 90.0 Å². The van der Waals surface area contributed by atoms with E-state index in [1.807, 2.05) is 4.90 Å². The summed E-state index contributed by atoms with van der Waals surface area (Å²) in [7, 11) is 0. The van der Waals surface area contributed by atoms with E-state index < -0.39 is 24.1 Å². The van der Waals surface area contributed by atoms with E-state index in [1.54, 1.807) is 6.07 Å². The Kier molecular flexibility index (Phi) is 5.50. The monoisotopic (exact) mass is 472 g/mol. The second kappa shape index (κ2) is 8.26. The van der Waals surface area contributed by atoms with Gasteiger partial charge in [0.25, 0.3) is 0 Å². The van der Waals surface area contributed by atoms with E-state index in [2.05, 4.69) is 39.6 Å². The third-order valence-corrected chi connectivity index (χ3v) is 7.17. The average Bonchev–Trinajstić information content (AvgIpc) is 3.41. The lowest BCUT2D eigenvalue weighted by molar-refractivity contribution is 0.203. The molecule has 0 aliphatic carbocycles. The molecule has 180 valence electrons. The molecule has 2 aliphatic rings. The second-order valence-electron chi connectivity index (χ2n) is 9.90. The Morgan fingerprint density at radius 2 is 1.85 bits per heavy atom. The van der Waals surface area contributed by atoms with Crippen LogP contribution >= 0.6 is 0 Å². The first-order valence-electron chi connectivity index (χ1n) is 11.4. The maximum absolute atomic E-state index is 14.9. The zero-order chi connectivity index (χ0) is 24.1. The van der Waals surface area contributed by atoms with Gasteiger partial charge in [0, 0.05) is 41.0 Å². The highest BCUT2D eigenvalue weighted by molar-refractivity contribution is 5.75. The molecule has 34 heavy (non-hydrogen) atoms. The van der Waals surface area contributed by atoms with E-state index in [9.17, 15) is 18.3 Å². The molecule has 1 aromatic carbocycles. The predicted molar refractivity (Wildman–Crippen MR) is 122 cm³/mol. The van der Waals surface area contributed by atoms with Crippen molar-refractivity contribution < 1.29 is 18.3 Å². The van der Waals surface area contributed by atoms with Gasteiger partial charge >= 0.3 is 0 Å². The van der Waals surface area contributed by atoms with Gasteiger partial charge in [-0.3, -0.25) is 5.10 Å². The van der Waals surface area contributed by atoms with Crippen LogP contribution in [0, 0.1) is 11.6 Å². The molecule has 2 bridgehead atoms. The quantitative estimate of drug-likeness (QED) is 0.494. The number of fused-ring (bicyclic) bond motifs is 2. The van der Waals surface area contributed by atoms with Crippen molar-refractivity contribution in [3.05, 3.63) is 42.2 Å². The lowest BCUT2D eigenvalue weighted by Gasteiger charge is -2.46. The molecule has 0 saturated carbocycles. The first-order valence-corrected chi connectivity index (χ1v) is 11.4. The molecule has 2 aliphatic heterocycles. The fourth-order valence-corrected chi connectivity index (χ4v) is 5.70. The van der Waals surface area contributed by atoms with E-state index in [-0.39, 0.29) is 40.5 Å². The minimum absolute atomic E-state index is 0.0111. The van der Waals surface area contributed by atoms with E-state index in [0.29, 0.717) is 11.4 Å². The van der Waals surface area contributed by atoms with Gasteiger partial charge in [-0.05, 0) is 57.7 Å². The summed E-state index contributed by atoms with van der Waals surface area (Å²) in [6, 6.07) is 4.30. The van der Waals surface area contributed by atoms with Crippen LogP contribution in [0.4, 0.5) is 19.0 Å². The largest absolute Gasteiger partial charge is 0.507 e.